The molecule has 0 unspecified atom stereocenters. The summed E-state index contributed by atoms with van der Waals surface area (Å²) in [5.74, 6) is -5.78. The number of carboxylic acid groups (broad SMARTS) is 1. The molecule has 3 fully saturated rings. The fraction of sp³-hybridized carbons (Fsp3) is 0.902. The summed E-state index contributed by atoms with van der Waals surface area (Å²) >= 11 is 0. The lowest BCUT2D eigenvalue weighted by molar-refractivity contribution is -0.386. The smallest absolute Gasteiger partial charge is 0.364 e. The molecular formula is C41H74N2O20. The lowest BCUT2D eigenvalue weighted by Crippen LogP contribution is -2.70. The second-order valence-electron chi connectivity index (χ2n) is 16.7. The molecule has 0 aromatic heterocycles. The van der Waals surface area contributed by atoms with Crippen LogP contribution in [0, 0.1) is 0 Å². The third-order valence-corrected chi connectivity index (χ3v) is 11.6. The Labute approximate surface area is 367 Å². The minimum atomic E-state index is -3.05. The number of aliphatic hydroxyl groups is 11. The number of carbonyl (C=O) groups excluding carboxylic acids is 1. The highest BCUT2D eigenvalue weighted by atomic mass is 16.8. The van der Waals surface area contributed by atoms with Crippen LogP contribution < -0.4 is 11.1 Å². The molecule has 0 aromatic rings. The molecule has 22 heteroatoms. The van der Waals surface area contributed by atoms with E-state index in [4.69, 9.17) is 34.2 Å². The van der Waals surface area contributed by atoms with E-state index in [2.05, 4.69) is 12.2 Å². The summed E-state index contributed by atoms with van der Waals surface area (Å²) in [6.45, 7) is -0.0151. The molecule has 3 aliphatic rings. The number of rotatable bonds is 28. The van der Waals surface area contributed by atoms with Gasteiger partial charge in [-0.15, -0.1) is 0 Å². The first kappa shape index (κ1) is 55.3. The van der Waals surface area contributed by atoms with Crippen molar-refractivity contribution >= 4 is 11.9 Å². The molecule has 0 aliphatic carbocycles. The van der Waals surface area contributed by atoms with Crippen molar-refractivity contribution in [1.82, 2.24) is 5.32 Å². The minimum absolute atomic E-state index is 0.355. The van der Waals surface area contributed by atoms with E-state index < -0.39 is 148 Å². The van der Waals surface area contributed by atoms with Crippen LogP contribution >= 0.6 is 0 Å². The minimum Gasteiger partial charge on any atom is -0.477 e. The first-order chi connectivity index (χ1) is 30.0. The standard InChI is InChI=1S/C41H74N2O20/c1-3-4-5-6-7-8-9-10-11-12-13-14-15-16-24(48)23(42)21-58-38-33(54)32(53)35(28(20-46)60-38)61-39-34(55)37(31(52)27(19-45)59-39)63-41(40(56)57)17-25(49)29(43-22(2)47)36(62-41)30(51)26(50)18-44/h15-16,23-39,44-46,48-55H,3-14,17-21,42H2,1-2H3,(H,43,47)(H,56,57)/b16-15+/t23-,24+,25-,26+,27+,28+,29+,30-,31-,32+,33+,34+,35+,36+,37-,38+,39-,41-/m0/s1. The molecule has 0 bridgehead atoms. The van der Waals surface area contributed by atoms with E-state index in [1.54, 1.807) is 6.08 Å². The molecule has 3 heterocycles. The van der Waals surface area contributed by atoms with Gasteiger partial charge in [-0.2, -0.15) is 0 Å². The summed E-state index contributed by atoms with van der Waals surface area (Å²) in [6.07, 6.45) is -11.4. The van der Waals surface area contributed by atoms with Crippen LogP contribution in [-0.2, 0) is 38.0 Å². The number of nitrogens with one attached hydrogen (secondary N) is 1. The Hall–Kier alpha value is -2.04. The van der Waals surface area contributed by atoms with Gasteiger partial charge in [-0.05, 0) is 12.8 Å². The van der Waals surface area contributed by atoms with Crippen molar-refractivity contribution in [2.75, 3.05) is 26.4 Å². The first-order valence-corrected chi connectivity index (χ1v) is 22.1. The van der Waals surface area contributed by atoms with Crippen molar-refractivity contribution in [2.24, 2.45) is 5.73 Å². The van der Waals surface area contributed by atoms with Gasteiger partial charge in [0.1, 0.15) is 67.1 Å². The van der Waals surface area contributed by atoms with Gasteiger partial charge in [0.15, 0.2) is 12.6 Å². The molecular weight excluding hydrogens is 840 g/mol. The summed E-state index contributed by atoms with van der Waals surface area (Å²) in [4.78, 5) is 24.7. The van der Waals surface area contributed by atoms with Crippen LogP contribution in [0.5, 0.6) is 0 Å². The molecule has 63 heavy (non-hydrogen) atoms. The SMILES string of the molecule is CCCCCCCCCCCCC/C=C/[C@@H](O)[C@@H](N)CO[C@@H]1O[C@H](CO)[C@@H](O[C@@H]2O[C@H](CO)[C@H](O)[C@H](O[C@]3(C(=O)O)C[C@H](O)[C@@H](NC(C)=O)[C@H]([C@@H](O)[C@H](O)CO)O3)[C@H]2O)[C@H](O)[C@H]1O. The largest absolute Gasteiger partial charge is 0.477 e. The Morgan fingerprint density at radius 1 is 0.810 bits per heavy atom. The molecule has 22 nitrogen and oxygen atoms in total. The monoisotopic (exact) mass is 914 g/mol. The van der Waals surface area contributed by atoms with Gasteiger partial charge < -0.3 is 101 Å². The van der Waals surface area contributed by atoms with Gasteiger partial charge in [-0.1, -0.05) is 83.3 Å². The Morgan fingerprint density at radius 2 is 1.40 bits per heavy atom. The molecule has 0 radical (unpaired) electrons. The van der Waals surface area contributed by atoms with Crippen LogP contribution in [0.25, 0.3) is 0 Å². The zero-order valence-electron chi connectivity index (χ0n) is 36.2. The number of carbonyl (C=O) groups is 2. The predicted octanol–water partition coefficient (Wildman–Crippen LogP) is -3.25. The predicted molar refractivity (Wildman–Crippen MR) is 218 cm³/mol. The van der Waals surface area contributed by atoms with Crippen LogP contribution in [0.1, 0.15) is 97.3 Å². The van der Waals surface area contributed by atoms with E-state index in [1.165, 1.54) is 51.4 Å². The molecule has 18 atom stereocenters. The Balaban J connectivity index is 1.62. The Kier molecular flexibility index (Phi) is 24.2. The number of nitrogens with two attached hydrogens (primary N) is 1. The molecule has 3 aliphatic heterocycles. The van der Waals surface area contributed by atoms with E-state index in [1.807, 2.05) is 6.08 Å². The Morgan fingerprint density at radius 3 is 1.95 bits per heavy atom. The maximum atomic E-state index is 12.8. The second-order valence-corrected chi connectivity index (χ2v) is 16.7. The van der Waals surface area contributed by atoms with E-state index in [0.29, 0.717) is 0 Å². The van der Waals surface area contributed by atoms with Crippen molar-refractivity contribution in [3.8, 4) is 0 Å². The number of unbranched alkanes of at least 4 members (excludes halogenated alkanes) is 11. The maximum absolute atomic E-state index is 12.8. The average molecular weight is 915 g/mol. The summed E-state index contributed by atoms with van der Waals surface area (Å²) in [5.41, 5.74) is 6.11. The van der Waals surface area contributed by atoms with E-state index in [0.717, 1.165) is 32.6 Å². The molecule has 0 aromatic carbocycles. The van der Waals surface area contributed by atoms with Crippen LogP contribution in [-0.4, -0.2) is 209 Å². The molecule has 0 saturated carbocycles. The zero-order valence-corrected chi connectivity index (χ0v) is 36.2. The first-order valence-electron chi connectivity index (χ1n) is 22.1. The van der Waals surface area contributed by atoms with Crippen molar-refractivity contribution < 1.29 is 99.3 Å². The molecule has 15 N–H and O–H groups in total. The molecule has 3 saturated heterocycles. The number of ether oxygens (including phenoxy) is 6. The van der Waals surface area contributed by atoms with Gasteiger partial charge >= 0.3 is 5.97 Å². The summed E-state index contributed by atoms with van der Waals surface area (Å²) in [5, 5.41) is 129. The third-order valence-electron chi connectivity index (χ3n) is 11.6. The van der Waals surface area contributed by atoms with Gasteiger partial charge in [-0.3, -0.25) is 4.79 Å². The summed E-state index contributed by atoms with van der Waals surface area (Å²) in [6, 6.07) is -2.54. The Bertz CT molecular complexity index is 1350. The topological polar surface area (TPSA) is 370 Å². The van der Waals surface area contributed by atoms with E-state index >= 15 is 0 Å². The van der Waals surface area contributed by atoms with Crippen LogP contribution in [0.2, 0.25) is 0 Å². The normalized spacial score (nSPS) is 35.9. The molecule has 1 amide bonds. The lowest BCUT2D eigenvalue weighted by Gasteiger charge is -2.50. The average Bonchev–Trinajstić information content (AvgIpc) is 3.25. The highest BCUT2D eigenvalue weighted by molar-refractivity contribution is 5.76. The van der Waals surface area contributed by atoms with Crippen molar-refractivity contribution in [3.05, 3.63) is 12.2 Å². The zero-order chi connectivity index (χ0) is 46.9. The van der Waals surface area contributed by atoms with Gasteiger partial charge in [0.2, 0.25) is 5.91 Å². The van der Waals surface area contributed by atoms with Crippen LogP contribution in [0.15, 0.2) is 12.2 Å². The van der Waals surface area contributed by atoms with Crippen molar-refractivity contribution in [1.29, 1.82) is 0 Å². The lowest BCUT2D eigenvalue weighted by atomic mass is 9.88. The number of hydrogen-bond acceptors (Lipinski definition) is 20. The number of carboxylic acids is 1. The molecule has 0 spiro atoms. The molecule has 3 rings (SSSR count). The van der Waals surface area contributed by atoms with Gasteiger partial charge in [0.25, 0.3) is 5.79 Å². The highest BCUT2D eigenvalue weighted by Crippen LogP contribution is 2.38. The fourth-order valence-corrected chi connectivity index (χ4v) is 7.90. The van der Waals surface area contributed by atoms with E-state index in [9.17, 15) is 70.9 Å². The van der Waals surface area contributed by atoms with Crippen molar-refractivity contribution in [3.63, 3.8) is 0 Å². The van der Waals surface area contributed by atoms with Crippen molar-refractivity contribution in [2.45, 2.75) is 207 Å². The quantitative estimate of drug-likeness (QED) is 0.0271. The highest BCUT2D eigenvalue weighted by Gasteiger charge is 2.60. The van der Waals surface area contributed by atoms with Crippen LogP contribution in [0.3, 0.4) is 0 Å². The number of amides is 1. The second kappa shape index (κ2) is 27.6. The van der Waals surface area contributed by atoms with Gasteiger partial charge in [0.05, 0.1) is 50.7 Å². The number of hydrogen-bond donors (Lipinski definition) is 14. The maximum Gasteiger partial charge on any atom is 0.364 e. The third kappa shape index (κ3) is 15.8. The van der Waals surface area contributed by atoms with E-state index in [-0.39, 0.29) is 6.61 Å². The number of allylic oxidation sites excluding steroid dienone is 1. The van der Waals surface area contributed by atoms with Gasteiger partial charge in [-0.25, -0.2) is 4.79 Å². The van der Waals surface area contributed by atoms with Crippen LogP contribution in [0.4, 0.5) is 0 Å². The summed E-state index contributed by atoms with van der Waals surface area (Å²) in [7, 11) is 0. The number of aliphatic hydroxyl groups excluding tert-OH is 11. The number of aliphatic carboxylic acids is 1. The molecule has 368 valence electrons. The fourth-order valence-electron chi connectivity index (χ4n) is 7.90. The van der Waals surface area contributed by atoms with Gasteiger partial charge in [0, 0.05) is 13.3 Å². The summed E-state index contributed by atoms with van der Waals surface area (Å²) < 4.78 is 33.8.